The third kappa shape index (κ3) is 5.30. The highest BCUT2D eigenvalue weighted by Crippen LogP contribution is 2.31. The van der Waals surface area contributed by atoms with Crippen LogP contribution in [0.1, 0.15) is 25.5 Å². The first-order valence-electron chi connectivity index (χ1n) is 11.8. The van der Waals surface area contributed by atoms with Crippen LogP contribution in [-0.2, 0) is 18.3 Å². The molecule has 1 unspecified atom stereocenters. The lowest BCUT2D eigenvalue weighted by Crippen LogP contribution is -2.49. The van der Waals surface area contributed by atoms with Gasteiger partial charge in [-0.05, 0) is 43.4 Å². The van der Waals surface area contributed by atoms with Gasteiger partial charge in [0.2, 0.25) is 5.88 Å². The van der Waals surface area contributed by atoms with E-state index < -0.39 is 0 Å². The summed E-state index contributed by atoms with van der Waals surface area (Å²) in [6.07, 6.45) is 5.62. The van der Waals surface area contributed by atoms with E-state index in [1.165, 1.54) is 0 Å². The summed E-state index contributed by atoms with van der Waals surface area (Å²) in [6.45, 7) is 8.01. The molecule has 9 heteroatoms. The van der Waals surface area contributed by atoms with Crippen LogP contribution in [0.5, 0.6) is 5.88 Å². The lowest BCUT2D eigenvalue weighted by atomic mass is 10.0. The molecule has 1 N–H and O–H groups in total. The molecule has 2 aliphatic heterocycles. The summed E-state index contributed by atoms with van der Waals surface area (Å²) in [5.41, 5.74) is 2.36. The predicted molar refractivity (Wildman–Crippen MR) is 134 cm³/mol. The van der Waals surface area contributed by atoms with E-state index in [1.807, 2.05) is 24.4 Å². The molecule has 0 bridgehead atoms. The van der Waals surface area contributed by atoms with Crippen LogP contribution in [0, 0.1) is 5.92 Å². The van der Waals surface area contributed by atoms with Gasteiger partial charge < -0.3 is 23.8 Å². The monoisotopic (exact) mass is 488 g/mol. The van der Waals surface area contributed by atoms with Crippen LogP contribution < -0.4 is 15.6 Å². The highest BCUT2D eigenvalue weighted by Gasteiger charge is 2.22. The molecule has 0 radical (unpaired) electrons. The molecule has 0 amide bonds. The minimum Gasteiger partial charge on any atom is -0.477 e. The molecule has 3 aromatic rings. The lowest BCUT2D eigenvalue weighted by molar-refractivity contribution is 0.0490. The normalized spacial score (nSPS) is 19.8. The number of aryl methyl sites for hydroxylation is 1. The SMILES string of the molecule is CC1CNCCN1Cc1cc2c(=O)n(C)cc(-c3ccnc(OCC4CCOCC4)c3)c2o1.Cl. The Hall–Kier alpha value is -2.39. The number of halogens is 1. The quantitative estimate of drug-likeness (QED) is 0.570. The average molecular weight is 489 g/mol. The smallest absolute Gasteiger partial charge is 0.261 e. The molecule has 8 nitrogen and oxygen atoms in total. The number of piperazine rings is 1. The molecule has 2 aliphatic rings. The first kappa shape index (κ1) is 24.7. The van der Waals surface area contributed by atoms with E-state index in [1.54, 1.807) is 17.8 Å². The number of hydrogen-bond donors (Lipinski definition) is 1. The number of nitrogens with zero attached hydrogens (tertiary/aromatic N) is 3. The van der Waals surface area contributed by atoms with Crippen molar-refractivity contribution in [2.45, 2.75) is 32.4 Å². The van der Waals surface area contributed by atoms with Gasteiger partial charge in [-0.25, -0.2) is 4.98 Å². The van der Waals surface area contributed by atoms with Gasteiger partial charge in [-0.3, -0.25) is 9.69 Å². The minimum atomic E-state index is -0.0536. The van der Waals surface area contributed by atoms with E-state index in [0.29, 0.717) is 42.0 Å². The standard InChI is InChI=1S/C25H32N4O4.ClH/c1-17-13-26-7-8-29(17)14-20-12-21-24(33-20)22(15-28(2)25(21)30)19-3-6-27-23(11-19)32-16-18-4-9-31-10-5-18;/h3,6,11-12,15,17-18,26H,4-5,7-10,13-14,16H2,1-2H3;1H. The van der Waals surface area contributed by atoms with Gasteiger partial charge in [0.25, 0.3) is 5.56 Å². The Labute approximate surface area is 205 Å². The Balaban J connectivity index is 0.00000274. The first-order chi connectivity index (χ1) is 16.1. The third-order valence-corrected chi connectivity index (χ3v) is 6.75. The molecule has 0 spiro atoms. The van der Waals surface area contributed by atoms with Gasteiger partial charge in [-0.15, -0.1) is 12.4 Å². The van der Waals surface area contributed by atoms with Crippen molar-refractivity contribution in [3.8, 4) is 17.0 Å². The van der Waals surface area contributed by atoms with Crippen LogP contribution in [0.3, 0.4) is 0 Å². The number of rotatable bonds is 6. The summed E-state index contributed by atoms with van der Waals surface area (Å²) in [4.78, 5) is 19.6. The Morgan fingerprint density at radius 2 is 2.09 bits per heavy atom. The molecule has 5 heterocycles. The van der Waals surface area contributed by atoms with E-state index in [9.17, 15) is 4.79 Å². The van der Waals surface area contributed by atoms with Crippen molar-refractivity contribution >= 4 is 23.4 Å². The highest BCUT2D eigenvalue weighted by atomic mass is 35.5. The van der Waals surface area contributed by atoms with Gasteiger partial charge in [0, 0.05) is 70.0 Å². The summed E-state index contributed by atoms with van der Waals surface area (Å²) in [7, 11) is 1.78. The zero-order chi connectivity index (χ0) is 22.8. The van der Waals surface area contributed by atoms with Gasteiger partial charge in [0.1, 0.15) is 11.3 Å². The summed E-state index contributed by atoms with van der Waals surface area (Å²) < 4.78 is 19.3. The van der Waals surface area contributed by atoms with Gasteiger partial charge in [0.15, 0.2) is 0 Å². The molecule has 0 aliphatic carbocycles. The molecule has 2 saturated heterocycles. The van der Waals surface area contributed by atoms with Gasteiger partial charge in [-0.1, -0.05) is 0 Å². The largest absolute Gasteiger partial charge is 0.477 e. The Morgan fingerprint density at radius 1 is 1.26 bits per heavy atom. The van der Waals surface area contributed by atoms with Crippen LogP contribution in [-0.4, -0.2) is 59.9 Å². The molecule has 2 fully saturated rings. The molecule has 0 saturated carbocycles. The molecule has 3 aromatic heterocycles. The van der Waals surface area contributed by atoms with E-state index in [0.717, 1.165) is 62.6 Å². The summed E-state index contributed by atoms with van der Waals surface area (Å²) in [6, 6.07) is 6.19. The maximum Gasteiger partial charge on any atom is 0.261 e. The van der Waals surface area contributed by atoms with E-state index in [2.05, 4.69) is 22.1 Å². The molecule has 5 rings (SSSR count). The summed E-state index contributed by atoms with van der Waals surface area (Å²) in [5, 5.41) is 4.02. The molecule has 0 aromatic carbocycles. The Kier molecular flexibility index (Phi) is 7.93. The maximum absolute atomic E-state index is 12.9. The number of ether oxygens (including phenoxy) is 2. The molecular formula is C25H33ClN4O4. The molecular weight excluding hydrogens is 456 g/mol. The highest BCUT2D eigenvalue weighted by molar-refractivity contribution is 5.92. The predicted octanol–water partition coefficient (Wildman–Crippen LogP) is 3.21. The van der Waals surface area contributed by atoms with Crippen LogP contribution in [0.25, 0.3) is 22.1 Å². The molecule has 34 heavy (non-hydrogen) atoms. The third-order valence-electron chi connectivity index (χ3n) is 6.75. The van der Waals surface area contributed by atoms with E-state index in [4.69, 9.17) is 13.9 Å². The van der Waals surface area contributed by atoms with Gasteiger partial charge >= 0.3 is 0 Å². The topological polar surface area (TPSA) is 81.8 Å². The fourth-order valence-corrected chi connectivity index (χ4v) is 4.68. The van der Waals surface area contributed by atoms with Crippen molar-refractivity contribution in [3.63, 3.8) is 0 Å². The summed E-state index contributed by atoms with van der Waals surface area (Å²) in [5.74, 6) is 1.89. The maximum atomic E-state index is 12.9. The zero-order valence-electron chi connectivity index (χ0n) is 19.8. The lowest BCUT2D eigenvalue weighted by Gasteiger charge is -2.33. The fourth-order valence-electron chi connectivity index (χ4n) is 4.68. The van der Waals surface area contributed by atoms with Crippen LogP contribution in [0.2, 0.25) is 0 Å². The van der Waals surface area contributed by atoms with Crippen molar-refractivity contribution in [3.05, 3.63) is 46.7 Å². The molecule has 1 atom stereocenters. The number of fused-ring (bicyclic) bond motifs is 1. The number of aromatic nitrogens is 2. The minimum absolute atomic E-state index is 0. The van der Waals surface area contributed by atoms with E-state index >= 15 is 0 Å². The van der Waals surface area contributed by atoms with Crippen LogP contribution in [0.4, 0.5) is 0 Å². The Bertz CT molecular complexity index is 1170. The van der Waals surface area contributed by atoms with Crippen molar-refractivity contribution in [2.75, 3.05) is 39.5 Å². The Morgan fingerprint density at radius 3 is 2.88 bits per heavy atom. The second-order valence-electron chi connectivity index (χ2n) is 9.19. The molecule has 184 valence electrons. The van der Waals surface area contributed by atoms with Gasteiger partial charge in [0.05, 0.1) is 18.5 Å². The average Bonchev–Trinajstić information content (AvgIpc) is 3.26. The zero-order valence-corrected chi connectivity index (χ0v) is 20.6. The van der Waals surface area contributed by atoms with E-state index in [-0.39, 0.29) is 18.0 Å². The number of furan rings is 1. The first-order valence-corrected chi connectivity index (χ1v) is 11.8. The number of hydrogen-bond acceptors (Lipinski definition) is 7. The van der Waals surface area contributed by atoms with Crippen LogP contribution in [0.15, 0.2) is 39.8 Å². The number of pyridine rings is 2. The van der Waals surface area contributed by atoms with Gasteiger partial charge in [-0.2, -0.15) is 0 Å². The summed E-state index contributed by atoms with van der Waals surface area (Å²) >= 11 is 0. The van der Waals surface area contributed by atoms with Crippen LogP contribution >= 0.6 is 12.4 Å². The van der Waals surface area contributed by atoms with Crippen molar-refractivity contribution in [1.82, 2.24) is 19.8 Å². The fraction of sp³-hybridized carbons (Fsp3) is 0.520. The second kappa shape index (κ2) is 10.9. The second-order valence-corrected chi connectivity index (χ2v) is 9.19. The van der Waals surface area contributed by atoms with Crippen molar-refractivity contribution < 1.29 is 13.9 Å². The number of nitrogens with one attached hydrogen (secondary N) is 1. The van der Waals surface area contributed by atoms with Crippen molar-refractivity contribution in [2.24, 2.45) is 13.0 Å². The van der Waals surface area contributed by atoms with Crippen molar-refractivity contribution in [1.29, 1.82) is 0 Å².